The highest BCUT2D eigenvalue weighted by Crippen LogP contribution is 2.33. The van der Waals surface area contributed by atoms with Crippen LogP contribution in [0.2, 0.25) is 0 Å². The zero-order chi connectivity index (χ0) is 15.2. The largest absolute Gasteiger partial charge is 0.314 e. The van der Waals surface area contributed by atoms with Gasteiger partial charge in [0.2, 0.25) is 0 Å². The molecule has 1 saturated heterocycles. The molecule has 0 radical (unpaired) electrons. The summed E-state index contributed by atoms with van der Waals surface area (Å²) in [6, 6.07) is 1.48. The molecule has 2 aliphatic rings. The average molecular weight is 296 g/mol. The molecule has 1 aliphatic carbocycles. The van der Waals surface area contributed by atoms with Crippen LogP contribution in [0.5, 0.6) is 0 Å². The molecule has 2 rings (SSSR count). The summed E-state index contributed by atoms with van der Waals surface area (Å²) in [5, 5.41) is 3.77. The highest BCUT2D eigenvalue weighted by atomic mass is 15.3. The van der Waals surface area contributed by atoms with E-state index in [-0.39, 0.29) is 0 Å². The number of hydrogen-bond donors (Lipinski definition) is 1. The molecule has 1 saturated carbocycles. The topological polar surface area (TPSA) is 18.5 Å². The Morgan fingerprint density at radius 2 is 1.95 bits per heavy atom. The molecule has 21 heavy (non-hydrogen) atoms. The fourth-order valence-corrected chi connectivity index (χ4v) is 4.51. The van der Waals surface area contributed by atoms with Crippen LogP contribution in [0.3, 0.4) is 0 Å². The SMILES string of the molecule is CCCC1CCC(NCC)C(CN2CCN(C)CC2C)C1. The van der Waals surface area contributed by atoms with Gasteiger partial charge in [0.05, 0.1) is 0 Å². The van der Waals surface area contributed by atoms with E-state index in [2.05, 4.69) is 42.9 Å². The van der Waals surface area contributed by atoms with E-state index in [0.29, 0.717) is 0 Å². The van der Waals surface area contributed by atoms with Crippen LogP contribution in [-0.2, 0) is 0 Å². The van der Waals surface area contributed by atoms with Gasteiger partial charge in [-0.15, -0.1) is 0 Å². The van der Waals surface area contributed by atoms with Crippen LogP contribution in [0.25, 0.3) is 0 Å². The predicted octanol–water partition coefficient (Wildman–Crippen LogP) is 2.82. The summed E-state index contributed by atoms with van der Waals surface area (Å²) < 4.78 is 0. The van der Waals surface area contributed by atoms with E-state index in [4.69, 9.17) is 0 Å². The fraction of sp³-hybridized carbons (Fsp3) is 1.00. The molecular weight excluding hydrogens is 258 g/mol. The quantitative estimate of drug-likeness (QED) is 0.813. The average Bonchev–Trinajstić information content (AvgIpc) is 2.45. The first-order valence-electron chi connectivity index (χ1n) is 9.30. The highest BCUT2D eigenvalue weighted by Gasteiger charge is 2.32. The smallest absolute Gasteiger partial charge is 0.0195 e. The Kier molecular flexibility index (Phi) is 6.97. The van der Waals surface area contributed by atoms with Gasteiger partial charge in [0, 0.05) is 38.3 Å². The minimum Gasteiger partial charge on any atom is -0.314 e. The second kappa shape index (κ2) is 8.50. The van der Waals surface area contributed by atoms with E-state index < -0.39 is 0 Å². The van der Waals surface area contributed by atoms with Crippen molar-refractivity contribution in [2.75, 3.05) is 39.8 Å². The van der Waals surface area contributed by atoms with Crippen molar-refractivity contribution >= 4 is 0 Å². The van der Waals surface area contributed by atoms with Crippen molar-refractivity contribution in [2.24, 2.45) is 11.8 Å². The van der Waals surface area contributed by atoms with Crippen molar-refractivity contribution in [1.29, 1.82) is 0 Å². The summed E-state index contributed by atoms with van der Waals surface area (Å²) in [5.74, 6) is 1.85. The van der Waals surface area contributed by atoms with Crippen LogP contribution in [-0.4, -0.2) is 61.7 Å². The Balaban J connectivity index is 1.92. The van der Waals surface area contributed by atoms with Crippen LogP contribution in [0.15, 0.2) is 0 Å². The van der Waals surface area contributed by atoms with Gasteiger partial charge in [-0.25, -0.2) is 0 Å². The summed E-state index contributed by atoms with van der Waals surface area (Å²) >= 11 is 0. The number of rotatable bonds is 6. The summed E-state index contributed by atoms with van der Waals surface area (Å²) in [6.45, 7) is 13.2. The molecule has 0 aromatic heterocycles. The lowest BCUT2D eigenvalue weighted by atomic mass is 9.76. The third-order valence-electron chi connectivity index (χ3n) is 5.69. The van der Waals surface area contributed by atoms with Gasteiger partial charge in [0.25, 0.3) is 0 Å². The summed E-state index contributed by atoms with van der Waals surface area (Å²) in [4.78, 5) is 5.23. The zero-order valence-corrected chi connectivity index (χ0v) is 14.8. The first-order chi connectivity index (χ1) is 10.1. The van der Waals surface area contributed by atoms with E-state index in [1.807, 2.05) is 0 Å². The normalized spacial score (nSPS) is 36.0. The van der Waals surface area contributed by atoms with Crippen molar-refractivity contribution in [3.8, 4) is 0 Å². The molecule has 0 aromatic rings. The molecule has 0 amide bonds. The monoisotopic (exact) mass is 295 g/mol. The van der Waals surface area contributed by atoms with Crippen LogP contribution >= 0.6 is 0 Å². The molecule has 0 spiro atoms. The zero-order valence-electron chi connectivity index (χ0n) is 14.8. The van der Waals surface area contributed by atoms with Gasteiger partial charge in [0.15, 0.2) is 0 Å². The van der Waals surface area contributed by atoms with Crippen LogP contribution in [0.1, 0.15) is 52.9 Å². The van der Waals surface area contributed by atoms with Gasteiger partial charge < -0.3 is 10.2 Å². The molecule has 1 aliphatic heterocycles. The van der Waals surface area contributed by atoms with Crippen LogP contribution in [0, 0.1) is 11.8 Å². The number of nitrogens with one attached hydrogen (secondary N) is 1. The fourth-order valence-electron chi connectivity index (χ4n) is 4.51. The lowest BCUT2D eigenvalue weighted by Gasteiger charge is -2.44. The Bertz CT molecular complexity index is 294. The minimum atomic E-state index is 0.720. The third-order valence-corrected chi connectivity index (χ3v) is 5.69. The molecular formula is C18H37N3. The number of hydrogen-bond acceptors (Lipinski definition) is 3. The van der Waals surface area contributed by atoms with E-state index >= 15 is 0 Å². The van der Waals surface area contributed by atoms with Crippen LogP contribution < -0.4 is 5.32 Å². The van der Waals surface area contributed by atoms with E-state index in [0.717, 1.165) is 30.5 Å². The molecule has 0 bridgehead atoms. The first kappa shape index (κ1) is 17.2. The number of nitrogens with zero attached hydrogens (tertiary/aromatic N) is 2. The Morgan fingerprint density at radius 3 is 2.62 bits per heavy atom. The molecule has 4 unspecified atom stereocenters. The van der Waals surface area contributed by atoms with Gasteiger partial charge in [-0.2, -0.15) is 0 Å². The summed E-state index contributed by atoms with van der Waals surface area (Å²) in [7, 11) is 2.26. The Hall–Kier alpha value is -0.120. The molecule has 124 valence electrons. The van der Waals surface area contributed by atoms with Crippen molar-refractivity contribution < 1.29 is 0 Å². The Labute approximate surface area is 132 Å². The summed E-state index contributed by atoms with van der Waals surface area (Å²) in [5.41, 5.74) is 0. The minimum absolute atomic E-state index is 0.720. The molecule has 4 atom stereocenters. The first-order valence-corrected chi connectivity index (χ1v) is 9.30. The molecule has 3 nitrogen and oxygen atoms in total. The third kappa shape index (κ3) is 4.94. The molecule has 3 heteroatoms. The molecule has 2 fully saturated rings. The maximum atomic E-state index is 3.77. The van der Waals surface area contributed by atoms with Gasteiger partial charge in [-0.3, -0.25) is 4.90 Å². The highest BCUT2D eigenvalue weighted by molar-refractivity contribution is 4.88. The van der Waals surface area contributed by atoms with Gasteiger partial charge in [-0.1, -0.05) is 26.7 Å². The standard InChI is InChI=1S/C18H37N3/c1-5-7-16-8-9-18(19-6-2)17(12-16)14-21-11-10-20(4)13-15(21)3/h15-19H,5-14H2,1-4H3. The Morgan fingerprint density at radius 1 is 1.14 bits per heavy atom. The van der Waals surface area contributed by atoms with Gasteiger partial charge in [0.1, 0.15) is 0 Å². The van der Waals surface area contributed by atoms with E-state index in [9.17, 15) is 0 Å². The van der Waals surface area contributed by atoms with Gasteiger partial charge >= 0.3 is 0 Å². The van der Waals surface area contributed by atoms with Crippen molar-refractivity contribution in [3.05, 3.63) is 0 Å². The molecule has 1 N–H and O–H groups in total. The second-order valence-electron chi connectivity index (χ2n) is 7.50. The number of likely N-dealkylation sites (N-methyl/N-ethyl adjacent to an activating group) is 1. The van der Waals surface area contributed by atoms with Crippen LogP contribution in [0.4, 0.5) is 0 Å². The number of piperazine rings is 1. The maximum Gasteiger partial charge on any atom is 0.0195 e. The van der Waals surface area contributed by atoms with E-state index in [1.165, 1.54) is 58.3 Å². The van der Waals surface area contributed by atoms with Gasteiger partial charge in [-0.05, 0) is 51.6 Å². The van der Waals surface area contributed by atoms with E-state index in [1.54, 1.807) is 0 Å². The second-order valence-corrected chi connectivity index (χ2v) is 7.50. The maximum absolute atomic E-state index is 3.77. The lowest BCUT2D eigenvalue weighted by Crippen LogP contribution is -2.54. The lowest BCUT2D eigenvalue weighted by molar-refractivity contribution is 0.0608. The van der Waals surface area contributed by atoms with Crippen molar-refractivity contribution in [1.82, 2.24) is 15.1 Å². The molecule has 0 aromatic carbocycles. The summed E-state index contributed by atoms with van der Waals surface area (Å²) in [6.07, 6.45) is 7.08. The van der Waals surface area contributed by atoms with Crippen molar-refractivity contribution in [2.45, 2.75) is 65.0 Å². The molecule has 1 heterocycles. The van der Waals surface area contributed by atoms with Crippen molar-refractivity contribution in [3.63, 3.8) is 0 Å². The predicted molar refractivity (Wildman–Crippen MR) is 91.7 cm³/mol.